The highest BCUT2D eigenvalue weighted by molar-refractivity contribution is 6.00. The first kappa shape index (κ1) is 36.0. The molecule has 280 valence electrons. The van der Waals surface area contributed by atoms with Gasteiger partial charge in [0.05, 0.1) is 11.7 Å². The number of carbonyl (C=O) groups excluding carboxylic acids is 2. The van der Waals surface area contributed by atoms with Gasteiger partial charge in [-0.05, 0) is 140 Å². The van der Waals surface area contributed by atoms with Crippen LogP contribution in [0.25, 0.3) is 0 Å². The van der Waals surface area contributed by atoms with Gasteiger partial charge in [-0.1, -0.05) is 77.8 Å². The van der Waals surface area contributed by atoms with Crippen molar-refractivity contribution in [3.8, 4) is 11.5 Å². The summed E-state index contributed by atoms with van der Waals surface area (Å²) in [6.45, 7) is 15.9. The normalized spacial score (nSPS) is 42.0. The zero-order valence-electron chi connectivity index (χ0n) is 32.4. The van der Waals surface area contributed by atoms with Crippen molar-refractivity contribution in [2.45, 2.75) is 142 Å². The van der Waals surface area contributed by atoms with E-state index in [-0.39, 0.29) is 63.3 Å². The minimum atomic E-state index is -0.657. The summed E-state index contributed by atoms with van der Waals surface area (Å²) in [6.07, 6.45) is 7.95. The molecule has 2 aromatic carbocycles. The number of hydrogen-bond donors (Lipinski definition) is 3. The van der Waals surface area contributed by atoms with Gasteiger partial charge >= 0.3 is 0 Å². The van der Waals surface area contributed by atoms with Gasteiger partial charge in [-0.3, -0.25) is 9.59 Å². The standard InChI is InChI=1S/C46H60O6/c1-26(21-35(49)41-46(7,52-41)33-16-10-15-31(33)27-11-8-13-29(47)22-27)39-34-17-18-38-43(4)24-32(28-12-9-14-30(48)23-28)40(51)42(2,3)37(43)19-20-44(38,5)45(34,6)25-36(39)50/h8-9,11-14,22-23,26,31-33,35,37-38,41,47-49H,10,15-21,24-25H2,1-7H3/t26-,31+,32+,33-,35-,37+,38-,41-,43-,44+,45+,46-/m1/s1. The lowest BCUT2D eigenvalue weighted by atomic mass is 9.35. The fourth-order valence-corrected chi connectivity index (χ4v) is 14.1. The van der Waals surface area contributed by atoms with Crippen molar-refractivity contribution in [2.24, 2.45) is 45.3 Å². The summed E-state index contributed by atoms with van der Waals surface area (Å²) in [4.78, 5) is 28.4. The van der Waals surface area contributed by atoms with Gasteiger partial charge in [-0.2, -0.15) is 0 Å². The minimum Gasteiger partial charge on any atom is -0.508 e. The summed E-state index contributed by atoms with van der Waals surface area (Å²) in [7, 11) is 0. The molecule has 8 rings (SSSR count). The van der Waals surface area contributed by atoms with Crippen LogP contribution in [0, 0.1) is 45.3 Å². The van der Waals surface area contributed by atoms with E-state index in [9.17, 15) is 24.9 Å². The molecule has 1 aliphatic heterocycles. The summed E-state index contributed by atoms with van der Waals surface area (Å²) in [6, 6.07) is 14.9. The van der Waals surface area contributed by atoms with E-state index in [2.05, 4.69) is 54.5 Å². The molecule has 0 amide bonds. The lowest BCUT2D eigenvalue weighted by Crippen LogP contribution is -2.63. The number of benzene rings is 2. The van der Waals surface area contributed by atoms with E-state index in [1.807, 2.05) is 24.3 Å². The number of aliphatic hydroxyl groups is 1. The van der Waals surface area contributed by atoms with Crippen LogP contribution >= 0.6 is 0 Å². The fraction of sp³-hybridized carbons (Fsp3) is 0.652. The molecule has 0 unspecified atom stereocenters. The Morgan fingerprint density at radius 1 is 0.865 bits per heavy atom. The zero-order valence-corrected chi connectivity index (χ0v) is 32.4. The molecule has 52 heavy (non-hydrogen) atoms. The van der Waals surface area contributed by atoms with Crippen molar-refractivity contribution >= 4 is 11.6 Å². The van der Waals surface area contributed by atoms with Crippen LogP contribution in [0.1, 0.15) is 136 Å². The van der Waals surface area contributed by atoms with E-state index in [0.29, 0.717) is 30.4 Å². The number of ketones is 2. The van der Waals surface area contributed by atoms with Crippen LogP contribution < -0.4 is 0 Å². The highest BCUT2D eigenvalue weighted by Crippen LogP contribution is 2.75. The zero-order chi connectivity index (χ0) is 37.2. The average molecular weight is 709 g/mol. The predicted octanol–water partition coefficient (Wildman–Crippen LogP) is 9.42. The van der Waals surface area contributed by atoms with E-state index in [1.165, 1.54) is 5.57 Å². The van der Waals surface area contributed by atoms with Crippen molar-refractivity contribution in [1.82, 2.24) is 0 Å². The molecule has 2 aromatic rings. The lowest BCUT2D eigenvalue weighted by Gasteiger charge is -2.68. The molecular formula is C46H60O6. The summed E-state index contributed by atoms with van der Waals surface area (Å²) >= 11 is 0. The second-order valence-electron chi connectivity index (χ2n) is 19.5. The van der Waals surface area contributed by atoms with Gasteiger partial charge < -0.3 is 20.1 Å². The van der Waals surface area contributed by atoms with Gasteiger partial charge in [0.15, 0.2) is 5.78 Å². The molecule has 6 nitrogen and oxygen atoms in total. The number of fused-ring (bicyclic) bond motifs is 5. The van der Waals surface area contributed by atoms with Gasteiger partial charge in [0.2, 0.25) is 0 Å². The molecular weight excluding hydrogens is 649 g/mol. The van der Waals surface area contributed by atoms with E-state index in [1.54, 1.807) is 18.2 Å². The maximum atomic E-state index is 14.3. The van der Waals surface area contributed by atoms with Crippen molar-refractivity contribution < 1.29 is 29.6 Å². The Bertz CT molecular complexity index is 1830. The molecule has 3 N–H and O–H groups in total. The summed E-state index contributed by atoms with van der Waals surface area (Å²) < 4.78 is 6.42. The first-order valence-electron chi connectivity index (χ1n) is 20.2. The number of phenolic OH excluding ortho intramolecular Hbond substituents is 2. The first-order valence-corrected chi connectivity index (χ1v) is 20.2. The monoisotopic (exact) mass is 708 g/mol. The van der Waals surface area contributed by atoms with E-state index < -0.39 is 17.1 Å². The summed E-state index contributed by atoms with van der Waals surface area (Å²) in [5.74, 6) is 1.91. The lowest BCUT2D eigenvalue weighted by molar-refractivity contribution is -0.183. The molecule has 0 radical (unpaired) electrons. The Morgan fingerprint density at radius 3 is 2.23 bits per heavy atom. The molecule has 1 heterocycles. The predicted molar refractivity (Wildman–Crippen MR) is 202 cm³/mol. The SMILES string of the molecule is C[C@H](C[C@@H](O)[C@H]1O[C@]1(C)[C@@H]1CCC[C@H]1c1cccc(O)c1)C1=C2CC[C@@H]3[C@]4(C)C[C@@H](c5cccc(O)c5)C(=O)C(C)(C)[C@@H]4CC[C@]3(C)[C@@]2(C)CC1=O. The maximum absolute atomic E-state index is 14.3. The van der Waals surface area contributed by atoms with Crippen LogP contribution in [-0.2, 0) is 14.3 Å². The second kappa shape index (κ2) is 12.0. The molecule has 0 bridgehead atoms. The Kier molecular flexibility index (Phi) is 8.33. The van der Waals surface area contributed by atoms with Crippen molar-refractivity contribution in [1.29, 1.82) is 0 Å². The van der Waals surface area contributed by atoms with Crippen LogP contribution in [0.15, 0.2) is 59.7 Å². The van der Waals surface area contributed by atoms with Crippen LogP contribution in [-0.4, -0.2) is 44.7 Å². The number of hydrogen-bond acceptors (Lipinski definition) is 6. The fourth-order valence-electron chi connectivity index (χ4n) is 14.1. The maximum Gasteiger partial charge on any atom is 0.159 e. The largest absolute Gasteiger partial charge is 0.508 e. The highest BCUT2D eigenvalue weighted by atomic mass is 16.6. The highest BCUT2D eigenvalue weighted by Gasteiger charge is 2.69. The minimum absolute atomic E-state index is 0.0633. The van der Waals surface area contributed by atoms with E-state index >= 15 is 0 Å². The van der Waals surface area contributed by atoms with Gasteiger partial charge in [0.25, 0.3) is 0 Å². The van der Waals surface area contributed by atoms with Crippen molar-refractivity contribution in [3.63, 3.8) is 0 Å². The van der Waals surface area contributed by atoms with Gasteiger partial charge in [0.1, 0.15) is 23.4 Å². The van der Waals surface area contributed by atoms with Gasteiger partial charge in [-0.15, -0.1) is 0 Å². The Morgan fingerprint density at radius 2 is 1.54 bits per heavy atom. The Balaban J connectivity index is 1.04. The van der Waals surface area contributed by atoms with E-state index in [4.69, 9.17) is 4.74 Å². The van der Waals surface area contributed by atoms with Gasteiger partial charge in [0, 0.05) is 23.2 Å². The number of Topliss-reactive ketones (excluding diaryl/α,β-unsaturated/α-hetero) is 2. The molecule has 12 atom stereocenters. The third-order valence-electron chi connectivity index (χ3n) is 16.7. The molecule has 6 heteroatoms. The van der Waals surface area contributed by atoms with Crippen molar-refractivity contribution in [2.75, 3.05) is 0 Å². The number of rotatable bonds is 7. The number of carbonyl (C=O) groups is 2. The smallest absolute Gasteiger partial charge is 0.159 e. The van der Waals surface area contributed by atoms with Crippen LogP contribution in [0.5, 0.6) is 11.5 Å². The third-order valence-corrected chi connectivity index (χ3v) is 16.7. The molecule has 4 saturated carbocycles. The van der Waals surface area contributed by atoms with Crippen LogP contribution in [0.3, 0.4) is 0 Å². The molecule has 1 saturated heterocycles. The molecule has 5 aliphatic carbocycles. The average Bonchev–Trinajstić information content (AvgIpc) is 3.39. The molecule has 0 aromatic heterocycles. The van der Waals surface area contributed by atoms with Gasteiger partial charge in [-0.25, -0.2) is 0 Å². The number of ether oxygens (including phenoxy) is 1. The molecule has 6 aliphatic rings. The Hall–Kier alpha value is -2.96. The Labute approximate surface area is 310 Å². The number of aromatic hydroxyl groups is 2. The number of allylic oxidation sites excluding steroid dienone is 2. The topological polar surface area (TPSA) is 107 Å². The van der Waals surface area contributed by atoms with Crippen molar-refractivity contribution in [3.05, 3.63) is 70.8 Å². The third kappa shape index (κ3) is 5.08. The van der Waals surface area contributed by atoms with Crippen LogP contribution in [0.4, 0.5) is 0 Å². The van der Waals surface area contributed by atoms with E-state index in [0.717, 1.165) is 68.1 Å². The number of phenols is 2. The first-order chi connectivity index (χ1) is 24.5. The quantitative estimate of drug-likeness (QED) is 0.248. The summed E-state index contributed by atoms with van der Waals surface area (Å²) in [5, 5.41) is 32.2. The second-order valence-corrected chi connectivity index (χ2v) is 19.5. The molecule has 0 spiro atoms. The number of epoxide rings is 1. The summed E-state index contributed by atoms with van der Waals surface area (Å²) in [5.41, 5.74) is 3.01. The van der Waals surface area contributed by atoms with Crippen LogP contribution in [0.2, 0.25) is 0 Å². The molecule has 5 fully saturated rings. The number of aliphatic hydroxyl groups excluding tert-OH is 1.